The van der Waals surface area contributed by atoms with E-state index in [2.05, 4.69) is 55.6 Å². The maximum absolute atomic E-state index is 5.33. The van der Waals surface area contributed by atoms with E-state index in [-0.39, 0.29) is 0 Å². The Hall–Kier alpha value is -2.72. The highest BCUT2D eigenvalue weighted by Gasteiger charge is 2.13. The van der Waals surface area contributed by atoms with Crippen molar-refractivity contribution >= 4 is 27.8 Å². The van der Waals surface area contributed by atoms with Crippen LogP contribution in [0.5, 0.6) is 5.75 Å². The molecule has 0 fully saturated rings. The number of fused-ring (bicyclic) bond motifs is 1. The molecule has 0 spiro atoms. The minimum atomic E-state index is 0.716. The summed E-state index contributed by atoms with van der Waals surface area (Å²) in [6.07, 6.45) is 0. The minimum absolute atomic E-state index is 0.716. The summed E-state index contributed by atoms with van der Waals surface area (Å²) in [5, 5.41) is 11.1. The third-order valence-electron chi connectivity index (χ3n) is 3.97. The van der Waals surface area contributed by atoms with E-state index in [9.17, 15) is 0 Å². The van der Waals surface area contributed by atoms with E-state index in [1.165, 1.54) is 5.69 Å². The average Bonchev–Trinajstić information content (AvgIpc) is 2.58. The molecule has 4 nitrogen and oxygen atoms in total. The second-order valence-electron chi connectivity index (χ2n) is 6.57. The smallest absolute Gasteiger partial charge is 0.146 e. The molecule has 24 heavy (non-hydrogen) atoms. The monoisotopic (exact) mass is 320 g/mol. The van der Waals surface area contributed by atoms with Gasteiger partial charge >= 0.3 is 0 Å². The first kappa shape index (κ1) is 16.1. The van der Waals surface area contributed by atoms with Gasteiger partial charge in [-0.2, -0.15) is 0 Å². The predicted octanol–water partition coefficient (Wildman–Crippen LogP) is 5.46. The van der Waals surface area contributed by atoms with Crippen molar-refractivity contribution in [3.63, 3.8) is 0 Å². The lowest BCUT2D eigenvalue weighted by Gasteiger charge is -2.23. The fourth-order valence-electron chi connectivity index (χ4n) is 2.57. The van der Waals surface area contributed by atoms with Crippen molar-refractivity contribution in [2.45, 2.75) is 0 Å². The van der Waals surface area contributed by atoms with Crippen molar-refractivity contribution in [1.82, 2.24) is 4.48 Å². The van der Waals surface area contributed by atoms with Gasteiger partial charge in [0, 0.05) is 11.5 Å². The number of ether oxygens (including phenoxy) is 1. The normalized spacial score (nSPS) is 12.0. The Labute approximate surface area is 142 Å². The molecule has 0 bridgehead atoms. The zero-order valence-electron chi connectivity index (χ0n) is 14.5. The fraction of sp³-hybridized carbons (Fsp3) is 0.200. The number of benzene rings is 3. The second kappa shape index (κ2) is 6.42. The molecule has 3 aromatic carbocycles. The van der Waals surface area contributed by atoms with Crippen molar-refractivity contribution in [3.8, 4) is 5.75 Å². The maximum Gasteiger partial charge on any atom is 0.146 e. The molecule has 0 amide bonds. The van der Waals surface area contributed by atoms with E-state index < -0.39 is 0 Å². The Bertz CT molecular complexity index is 895. The van der Waals surface area contributed by atoms with Crippen LogP contribution in [0.25, 0.3) is 10.8 Å². The molecule has 0 unspecified atom stereocenters. The molecule has 0 heterocycles. The lowest BCUT2D eigenvalue weighted by atomic mass is 10.1. The summed E-state index contributed by atoms with van der Waals surface area (Å²) in [6, 6.07) is 20.2. The van der Waals surface area contributed by atoms with E-state index >= 15 is 0 Å². The first-order valence-corrected chi connectivity index (χ1v) is 7.88. The van der Waals surface area contributed by atoms with Crippen molar-refractivity contribution in [1.29, 1.82) is 0 Å². The van der Waals surface area contributed by atoms with Gasteiger partial charge in [-0.1, -0.05) is 24.3 Å². The number of methoxy groups -OCH3 is 1. The van der Waals surface area contributed by atoms with Gasteiger partial charge in [0.1, 0.15) is 17.1 Å². The van der Waals surface area contributed by atoms with Crippen LogP contribution in [0.3, 0.4) is 0 Å². The largest absolute Gasteiger partial charge is 0.494 e. The Morgan fingerprint density at radius 3 is 2.25 bits per heavy atom. The summed E-state index contributed by atoms with van der Waals surface area (Å²) < 4.78 is 6.09. The Balaban J connectivity index is 2.07. The number of quaternary nitrogens is 1. The molecule has 0 saturated heterocycles. The van der Waals surface area contributed by atoms with Crippen LogP contribution in [-0.2, 0) is 0 Å². The quantitative estimate of drug-likeness (QED) is 0.464. The van der Waals surface area contributed by atoms with Gasteiger partial charge in [0.25, 0.3) is 0 Å². The molecule has 0 radical (unpaired) electrons. The highest BCUT2D eigenvalue weighted by molar-refractivity contribution is 5.94. The molecule has 3 rings (SSSR count). The van der Waals surface area contributed by atoms with Crippen LogP contribution in [0, 0.1) is 0 Å². The number of hydrogen-bond donors (Lipinski definition) is 0. The van der Waals surface area contributed by atoms with Crippen molar-refractivity contribution < 1.29 is 4.74 Å². The lowest BCUT2D eigenvalue weighted by Crippen LogP contribution is -2.34. The second-order valence-corrected chi connectivity index (χ2v) is 6.57. The SMILES string of the molecule is COc1ccccc1N=Nc1cccc2ccc([N+](C)(C)C)cc12. The highest BCUT2D eigenvalue weighted by atomic mass is 16.5. The van der Waals surface area contributed by atoms with Crippen molar-refractivity contribution in [2.24, 2.45) is 10.2 Å². The molecule has 122 valence electrons. The van der Waals surface area contributed by atoms with Gasteiger partial charge in [0.2, 0.25) is 0 Å². The van der Waals surface area contributed by atoms with Gasteiger partial charge < -0.3 is 4.74 Å². The topological polar surface area (TPSA) is 34.0 Å². The van der Waals surface area contributed by atoms with Crippen molar-refractivity contribution in [2.75, 3.05) is 28.3 Å². The average molecular weight is 320 g/mol. The summed E-state index contributed by atoms with van der Waals surface area (Å²) in [5.41, 5.74) is 2.80. The predicted molar refractivity (Wildman–Crippen MR) is 101 cm³/mol. The maximum atomic E-state index is 5.33. The lowest BCUT2D eigenvalue weighted by molar-refractivity contribution is 0.416. The third-order valence-corrected chi connectivity index (χ3v) is 3.97. The van der Waals surface area contributed by atoms with Gasteiger partial charge in [-0.25, -0.2) is 0 Å². The number of nitrogens with zero attached hydrogens (tertiary/aromatic N) is 3. The number of azo groups is 1. The number of hydrogen-bond acceptors (Lipinski definition) is 3. The van der Waals surface area contributed by atoms with Crippen LogP contribution in [0.2, 0.25) is 0 Å². The molecule has 0 aliphatic rings. The van der Waals surface area contributed by atoms with Gasteiger partial charge in [0.15, 0.2) is 0 Å². The van der Waals surface area contributed by atoms with Crippen LogP contribution in [0.1, 0.15) is 0 Å². The molecule has 0 N–H and O–H groups in total. The van der Waals surface area contributed by atoms with Crippen LogP contribution >= 0.6 is 0 Å². The fourth-order valence-corrected chi connectivity index (χ4v) is 2.57. The van der Waals surface area contributed by atoms with E-state index in [1.807, 2.05) is 36.4 Å². The van der Waals surface area contributed by atoms with Gasteiger partial charge in [-0.15, -0.1) is 10.2 Å². The van der Waals surface area contributed by atoms with E-state index in [4.69, 9.17) is 4.74 Å². The molecule has 3 aromatic rings. The zero-order valence-corrected chi connectivity index (χ0v) is 14.5. The Morgan fingerprint density at radius 1 is 0.792 bits per heavy atom. The molecule has 0 saturated carbocycles. The number of para-hydroxylation sites is 1. The standard InChI is InChI=1S/C20H22N3O/c1-23(2,3)16-13-12-15-8-7-10-18(17(15)14-16)21-22-19-9-5-6-11-20(19)24-4/h5-14H,1-4H3/q+1. The summed E-state index contributed by atoms with van der Waals surface area (Å²) in [6.45, 7) is 0. The number of rotatable bonds is 4. The van der Waals surface area contributed by atoms with Crippen molar-refractivity contribution in [3.05, 3.63) is 60.7 Å². The Kier molecular flexibility index (Phi) is 4.32. The molecule has 0 aliphatic carbocycles. The highest BCUT2D eigenvalue weighted by Crippen LogP contribution is 2.33. The van der Waals surface area contributed by atoms with Gasteiger partial charge in [-0.05, 0) is 35.7 Å². The van der Waals surface area contributed by atoms with Gasteiger partial charge in [-0.3, -0.25) is 4.48 Å². The van der Waals surface area contributed by atoms with Crippen LogP contribution < -0.4 is 9.22 Å². The minimum Gasteiger partial charge on any atom is -0.494 e. The molecule has 4 heteroatoms. The Morgan fingerprint density at radius 2 is 1.50 bits per heavy atom. The van der Waals surface area contributed by atoms with Crippen LogP contribution in [0.15, 0.2) is 70.9 Å². The molecule has 0 atom stereocenters. The molecular weight excluding hydrogens is 298 g/mol. The first-order chi connectivity index (χ1) is 11.5. The summed E-state index contributed by atoms with van der Waals surface area (Å²) in [4.78, 5) is 0. The van der Waals surface area contributed by atoms with E-state index in [1.54, 1.807) is 7.11 Å². The summed E-state index contributed by atoms with van der Waals surface area (Å²) in [7, 11) is 8.10. The summed E-state index contributed by atoms with van der Waals surface area (Å²) in [5.74, 6) is 0.716. The van der Waals surface area contributed by atoms with Crippen LogP contribution in [-0.4, -0.2) is 28.3 Å². The molecule has 0 aliphatic heterocycles. The zero-order chi connectivity index (χ0) is 17.2. The first-order valence-electron chi connectivity index (χ1n) is 7.88. The third kappa shape index (κ3) is 3.29. The molecular formula is C20H22N3O+. The van der Waals surface area contributed by atoms with Gasteiger partial charge in [0.05, 0.1) is 33.9 Å². The summed E-state index contributed by atoms with van der Waals surface area (Å²) >= 11 is 0. The van der Waals surface area contributed by atoms with E-state index in [0.29, 0.717) is 5.75 Å². The van der Waals surface area contributed by atoms with Crippen LogP contribution in [0.4, 0.5) is 17.1 Å². The van der Waals surface area contributed by atoms with E-state index in [0.717, 1.165) is 26.6 Å². The molecule has 0 aromatic heterocycles.